The molecule has 1 amide bonds. The number of nitrogens with two attached hydrogens (primary N) is 1. The van der Waals surface area contributed by atoms with Crippen LogP contribution in [0.4, 0.5) is 4.39 Å². The second kappa shape index (κ2) is 6.70. The Kier molecular flexibility index (Phi) is 4.77. The summed E-state index contributed by atoms with van der Waals surface area (Å²) in [6, 6.07) is 2.13. The van der Waals surface area contributed by atoms with E-state index in [0.29, 0.717) is 21.7 Å². The average Bonchev–Trinajstić information content (AvgIpc) is 3.15. The van der Waals surface area contributed by atoms with Crippen LogP contribution in [0, 0.1) is 12.7 Å². The predicted molar refractivity (Wildman–Crippen MR) is 92.6 cm³/mol. The summed E-state index contributed by atoms with van der Waals surface area (Å²) in [5, 5.41) is 20.2. The molecule has 2 unspecified atom stereocenters. The molecule has 1 aromatic carbocycles. The molecule has 1 aromatic heterocycles. The van der Waals surface area contributed by atoms with E-state index in [1.54, 1.807) is 36.4 Å². The third kappa shape index (κ3) is 3.12. The number of carbonyl (C=O) groups is 1. The number of hydrogen-bond donors (Lipinski definition) is 3. The van der Waals surface area contributed by atoms with Crippen LogP contribution in [0.15, 0.2) is 17.6 Å². The van der Waals surface area contributed by atoms with Crippen LogP contribution in [0.1, 0.15) is 30.6 Å². The number of phenolic OH excluding ortho intramolecular Hbond substituents is 1. The van der Waals surface area contributed by atoms with Crippen molar-refractivity contribution in [3.8, 4) is 16.2 Å². The van der Waals surface area contributed by atoms with Crippen molar-refractivity contribution in [2.45, 2.75) is 38.5 Å². The fourth-order valence-electron chi connectivity index (χ4n) is 3.38. The van der Waals surface area contributed by atoms with E-state index >= 15 is 0 Å². The molecule has 8 heteroatoms. The number of aliphatic hydroxyl groups excluding tert-OH is 1. The van der Waals surface area contributed by atoms with Crippen molar-refractivity contribution < 1.29 is 19.4 Å². The van der Waals surface area contributed by atoms with Gasteiger partial charge in [-0.15, -0.1) is 11.3 Å². The number of hydrogen-bond acceptors (Lipinski definition) is 6. The molecule has 4 N–H and O–H groups in total. The molecule has 134 valence electrons. The number of amides is 1. The summed E-state index contributed by atoms with van der Waals surface area (Å²) in [7, 11) is 0. The minimum atomic E-state index is -0.716. The number of rotatable bonds is 4. The summed E-state index contributed by atoms with van der Waals surface area (Å²) in [6.45, 7) is 3.77. The Hall–Kier alpha value is -2.03. The lowest BCUT2D eigenvalue weighted by molar-refractivity contribution is -0.123. The largest absolute Gasteiger partial charge is 0.505 e. The fraction of sp³-hybridized carbons (Fsp3) is 0.412. The van der Waals surface area contributed by atoms with Gasteiger partial charge in [-0.05, 0) is 26.3 Å². The molecule has 1 fully saturated rings. The molecule has 3 rings (SSSR count). The quantitative estimate of drug-likeness (QED) is 0.769. The summed E-state index contributed by atoms with van der Waals surface area (Å²) in [6.07, 6.45) is -0.438. The van der Waals surface area contributed by atoms with Crippen LogP contribution in [0.3, 0.4) is 0 Å². The third-order valence-electron chi connectivity index (χ3n) is 4.73. The highest BCUT2D eigenvalue weighted by atomic mass is 32.1. The molecule has 2 heterocycles. The molecule has 0 saturated carbocycles. The van der Waals surface area contributed by atoms with Gasteiger partial charge in [-0.25, -0.2) is 9.37 Å². The number of benzene rings is 1. The summed E-state index contributed by atoms with van der Waals surface area (Å²) in [4.78, 5) is 18.1. The zero-order chi connectivity index (χ0) is 18.3. The smallest absolute Gasteiger partial charge is 0.234 e. The van der Waals surface area contributed by atoms with Gasteiger partial charge >= 0.3 is 0 Å². The Balaban J connectivity index is 1.97. The topological polar surface area (TPSA) is 99.7 Å². The number of carbonyl (C=O) groups excluding carboxylic acids is 1. The third-order valence-corrected chi connectivity index (χ3v) is 5.69. The Bertz CT molecular complexity index is 810. The Morgan fingerprint density at radius 2 is 2.24 bits per heavy atom. The lowest BCUT2D eigenvalue weighted by atomic mass is 10.0. The second-order valence-corrected chi connectivity index (χ2v) is 7.17. The predicted octanol–water partition coefficient (Wildman–Crippen LogP) is 1.94. The molecule has 2 aromatic rings. The molecule has 0 radical (unpaired) electrons. The van der Waals surface area contributed by atoms with Crippen LogP contribution < -0.4 is 5.73 Å². The van der Waals surface area contributed by atoms with Gasteiger partial charge in [0.05, 0.1) is 28.2 Å². The van der Waals surface area contributed by atoms with Crippen LogP contribution >= 0.6 is 11.3 Å². The average molecular weight is 365 g/mol. The first-order valence-corrected chi connectivity index (χ1v) is 8.84. The molecule has 0 aliphatic carbocycles. The van der Waals surface area contributed by atoms with Crippen molar-refractivity contribution in [1.82, 2.24) is 9.88 Å². The molecule has 0 bridgehead atoms. The highest BCUT2D eigenvalue weighted by Crippen LogP contribution is 2.40. The number of nitrogens with zero attached hydrogens (tertiary/aromatic N) is 2. The maximum atomic E-state index is 14.8. The Morgan fingerprint density at radius 1 is 1.52 bits per heavy atom. The molecule has 6 nitrogen and oxygen atoms in total. The summed E-state index contributed by atoms with van der Waals surface area (Å²) in [5.41, 5.74) is 8.37. The molecule has 3 atom stereocenters. The molecular weight excluding hydrogens is 345 g/mol. The van der Waals surface area contributed by atoms with E-state index in [9.17, 15) is 19.4 Å². The standard InChI is InChI=1S/C17H20FN3O3S/c1-8-16(25-7-20-8)12-4-3-11(15(23)14(12)18)9(2)21-6-10(22)5-13(21)17(19)24/h3-4,7,9-10,13,22-23H,5-6H2,1-2H3,(H2,19,24)/t9-,10?,13?/m0/s1. The number of halogens is 1. The van der Waals surface area contributed by atoms with E-state index in [1.807, 2.05) is 0 Å². The molecule has 25 heavy (non-hydrogen) atoms. The number of aliphatic hydroxyl groups is 1. The molecule has 0 spiro atoms. The van der Waals surface area contributed by atoms with E-state index in [2.05, 4.69) is 4.98 Å². The number of likely N-dealkylation sites (tertiary alicyclic amines) is 1. The first kappa shape index (κ1) is 17.8. The molecular formula is C17H20FN3O3S. The van der Waals surface area contributed by atoms with Gasteiger partial charge in [0.15, 0.2) is 11.6 Å². The van der Waals surface area contributed by atoms with Gasteiger partial charge in [0.1, 0.15) is 0 Å². The number of aromatic nitrogens is 1. The van der Waals surface area contributed by atoms with Crippen molar-refractivity contribution >= 4 is 17.2 Å². The first-order valence-electron chi connectivity index (χ1n) is 7.96. The van der Waals surface area contributed by atoms with E-state index in [1.165, 1.54) is 11.3 Å². The number of aryl methyl sites for hydroxylation is 1. The minimum absolute atomic E-state index is 0.237. The van der Waals surface area contributed by atoms with Crippen LogP contribution in [-0.4, -0.2) is 44.7 Å². The van der Waals surface area contributed by atoms with E-state index in [0.717, 1.165) is 0 Å². The SMILES string of the molecule is Cc1ncsc1-c1ccc([C@H](C)N2CC(O)CC2C(N)=O)c(O)c1F. The first-order chi connectivity index (χ1) is 11.8. The summed E-state index contributed by atoms with van der Waals surface area (Å²) < 4.78 is 14.8. The maximum absolute atomic E-state index is 14.8. The number of β-amino-alcohol motifs (C(OH)–C–C–N with tert-alkyl or cyclic N) is 1. The summed E-state index contributed by atoms with van der Waals surface area (Å²) in [5.74, 6) is -1.71. The highest BCUT2D eigenvalue weighted by molar-refractivity contribution is 7.13. The monoisotopic (exact) mass is 365 g/mol. The second-order valence-electron chi connectivity index (χ2n) is 6.31. The van der Waals surface area contributed by atoms with E-state index in [-0.39, 0.29) is 13.0 Å². The number of primary amides is 1. The van der Waals surface area contributed by atoms with Crippen molar-refractivity contribution in [1.29, 1.82) is 0 Å². The highest BCUT2D eigenvalue weighted by Gasteiger charge is 2.38. The normalized spacial score (nSPS) is 22.2. The van der Waals surface area contributed by atoms with Gasteiger partial charge < -0.3 is 15.9 Å². The Morgan fingerprint density at radius 3 is 2.84 bits per heavy atom. The number of phenols is 1. The van der Waals surface area contributed by atoms with Gasteiger partial charge in [-0.1, -0.05) is 6.07 Å². The minimum Gasteiger partial charge on any atom is -0.505 e. The van der Waals surface area contributed by atoms with Gasteiger partial charge in [0.25, 0.3) is 0 Å². The Labute approximate surface area is 148 Å². The summed E-state index contributed by atoms with van der Waals surface area (Å²) >= 11 is 1.30. The van der Waals surface area contributed by atoms with Crippen molar-refractivity contribution in [3.63, 3.8) is 0 Å². The zero-order valence-electron chi connectivity index (χ0n) is 13.9. The van der Waals surface area contributed by atoms with Crippen molar-refractivity contribution in [2.24, 2.45) is 5.73 Å². The lowest BCUT2D eigenvalue weighted by Gasteiger charge is -2.29. The fourth-order valence-corrected chi connectivity index (χ4v) is 4.20. The maximum Gasteiger partial charge on any atom is 0.234 e. The molecule has 1 aliphatic heterocycles. The van der Waals surface area contributed by atoms with Gasteiger partial charge in [-0.2, -0.15) is 0 Å². The van der Waals surface area contributed by atoms with Gasteiger partial charge in [0.2, 0.25) is 5.91 Å². The van der Waals surface area contributed by atoms with Crippen LogP contribution in [0.5, 0.6) is 5.75 Å². The van der Waals surface area contributed by atoms with Crippen molar-refractivity contribution in [2.75, 3.05) is 6.54 Å². The number of thiazole rings is 1. The van der Waals surface area contributed by atoms with Crippen LogP contribution in [0.2, 0.25) is 0 Å². The zero-order valence-corrected chi connectivity index (χ0v) is 14.8. The van der Waals surface area contributed by atoms with Gasteiger partial charge in [0, 0.05) is 23.7 Å². The van der Waals surface area contributed by atoms with Crippen LogP contribution in [-0.2, 0) is 4.79 Å². The van der Waals surface area contributed by atoms with E-state index in [4.69, 9.17) is 5.73 Å². The van der Waals surface area contributed by atoms with Gasteiger partial charge in [-0.3, -0.25) is 9.69 Å². The lowest BCUT2D eigenvalue weighted by Crippen LogP contribution is -2.41. The molecule has 1 aliphatic rings. The molecule has 1 saturated heterocycles. The van der Waals surface area contributed by atoms with Crippen molar-refractivity contribution in [3.05, 3.63) is 34.7 Å². The van der Waals surface area contributed by atoms with Crippen LogP contribution in [0.25, 0.3) is 10.4 Å². The van der Waals surface area contributed by atoms with E-state index < -0.39 is 35.7 Å². The number of aromatic hydroxyl groups is 1.